The Bertz CT molecular complexity index is 1130. The zero-order chi connectivity index (χ0) is 20.8. The van der Waals surface area contributed by atoms with E-state index >= 15 is 0 Å². The fourth-order valence-electron chi connectivity index (χ4n) is 4.34. The van der Waals surface area contributed by atoms with Gasteiger partial charge in [-0.25, -0.2) is 18.3 Å². The van der Waals surface area contributed by atoms with Crippen LogP contribution in [0.25, 0.3) is 5.65 Å². The van der Waals surface area contributed by atoms with E-state index in [4.69, 9.17) is 5.73 Å². The molecule has 5 heterocycles. The number of amides is 1. The number of aryl methyl sites for hydroxylation is 1. The minimum atomic E-state index is -1.09. The maximum Gasteiger partial charge on any atom is 0.258 e. The van der Waals surface area contributed by atoms with Gasteiger partial charge in [-0.3, -0.25) is 9.78 Å². The molecule has 5 rings (SSSR count). The number of fused-ring (bicyclic) bond motifs is 5. The minimum absolute atomic E-state index is 0.0854. The number of nitrogens with two attached hydrogens (primary N) is 1. The summed E-state index contributed by atoms with van der Waals surface area (Å²) in [5.41, 5.74) is 7.92. The van der Waals surface area contributed by atoms with Gasteiger partial charge >= 0.3 is 0 Å². The van der Waals surface area contributed by atoms with Gasteiger partial charge in [-0.05, 0) is 37.0 Å². The van der Waals surface area contributed by atoms with Crippen molar-refractivity contribution in [2.75, 3.05) is 23.7 Å². The molecule has 0 unspecified atom stereocenters. The molecule has 0 aliphatic carbocycles. The Balaban J connectivity index is 1.68. The molecule has 156 valence electrons. The second-order valence-corrected chi connectivity index (χ2v) is 7.72. The summed E-state index contributed by atoms with van der Waals surface area (Å²) >= 11 is 0. The number of rotatable bonds is 0. The fourth-order valence-corrected chi connectivity index (χ4v) is 4.34. The first-order chi connectivity index (χ1) is 14.5. The Labute approximate surface area is 171 Å². The molecule has 1 fully saturated rings. The summed E-state index contributed by atoms with van der Waals surface area (Å²) in [5, 5.41) is 7.02. The third kappa shape index (κ3) is 3.12. The molecule has 30 heavy (non-hydrogen) atoms. The second kappa shape index (κ2) is 7.19. The van der Waals surface area contributed by atoms with Crippen LogP contribution in [0.5, 0.6) is 0 Å². The maximum atomic E-state index is 14.5. The predicted molar refractivity (Wildman–Crippen MR) is 106 cm³/mol. The van der Waals surface area contributed by atoms with Crippen LogP contribution in [0, 0.1) is 5.82 Å². The number of anilines is 2. The molecule has 1 saturated heterocycles. The maximum absolute atomic E-state index is 14.5. The van der Waals surface area contributed by atoms with Crippen LogP contribution in [-0.4, -0.2) is 44.8 Å². The average molecular weight is 413 g/mol. The molecular weight excluding hydrogens is 392 g/mol. The standard InChI is InChI=1S/C20H21F2N7O/c21-11-7-13-14(25-9-11)3-1-2-5-24-20(30)17-18(23)27-29-6-4-16(26-19(17)29)28-10-12(22)8-15(13)28/h4,6-7,9,12,15H,1-3,5,8,10H2,(H2,23,27)(H,24,30)/t12-,15+/m0/s1. The third-order valence-corrected chi connectivity index (χ3v) is 5.72. The Hall–Kier alpha value is -3.30. The first-order valence-corrected chi connectivity index (χ1v) is 9.99. The van der Waals surface area contributed by atoms with E-state index in [0.717, 1.165) is 12.1 Å². The summed E-state index contributed by atoms with van der Waals surface area (Å²) in [7, 11) is 0. The molecule has 3 N–H and O–H groups in total. The van der Waals surface area contributed by atoms with Crippen LogP contribution in [0.15, 0.2) is 24.5 Å². The van der Waals surface area contributed by atoms with Gasteiger partial charge in [-0.1, -0.05) is 0 Å². The number of hydrogen-bond acceptors (Lipinski definition) is 6. The van der Waals surface area contributed by atoms with Crippen LogP contribution in [0.1, 0.15) is 46.9 Å². The quantitative estimate of drug-likeness (QED) is 0.586. The van der Waals surface area contributed by atoms with Crippen LogP contribution in [0.2, 0.25) is 0 Å². The van der Waals surface area contributed by atoms with Crippen molar-refractivity contribution in [3.63, 3.8) is 0 Å². The highest BCUT2D eigenvalue weighted by atomic mass is 19.1. The summed E-state index contributed by atoms with van der Waals surface area (Å²) < 4.78 is 30.0. The van der Waals surface area contributed by atoms with Gasteiger partial charge in [0.25, 0.3) is 5.91 Å². The zero-order valence-corrected chi connectivity index (χ0v) is 16.2. The van der Waals surface area contributed by atoms with Crippen molar-refractivity contribution in [2.45, 2.75) is 37.9 Å². The highest BCUT2D eigenvalue weighted by molar-refractivity contribution is 6.04. The fraction of sp³-hybridized carbons (Fsp3) is 0.400. The molecule has 2 aliphatic heterocycles. The van der Waals surface area contributed by atoms with Crippen LogP contribution in [0.3, 0.4) is 0 Å². The first kappa shape index (κ1) is 18.7. The van der Waals surface area contributed by atoms with Crippen LogP contribution in [-0.2, 0) is 6.42 Å². The van der Waals surface area contributed by atoms with Crippen molar-refractivity contribution in [3.8, 4) is 0 Å². The Morgan fingerprint density at radius 2 is 2.17 bits per heavy atom. The Morgan fingerprint density at radius 3 is 3.03 bits per heavy atom. The normalized spacial score (nSPS) is 21.9. The average Bonchev–Trinajstić information content (AvgIpc) is 3.26. The van der Waals surface area contributed by atoms with E-state index in [1.807, 2.05) is 0 Å². The number of carbonyl (C=O) groups is 1. The number of aromatic nitrogens is 4. The Kier molecular flexibility index (Phi) is 4.48. The Morgan fingerprint density at radius 1 is 1.30 bits per heavy atom. The lowest BCUT2D eigenvalue weighted by atomic mass is 9.99. The smallest absolute Gasteiger partial charge is 0.258 e. The molecular formula is C20H21F2N7O. The molecule has 0 saturated carbocycles. The van der Waals surface area contributed by atoms with Crippen molar-refractivity contribution >= 4 is 23.2 Å². The number of halogens is 2. The predicted octanol–water partition coefficient (Wildman–Crippen LogP) is 2.20. The first-order valence-electron chi connectivity index (χ1n) is 9.99. The summed E-state index contributed by atoms with van der Waals surface area (Å²) in [6.45, 7) is 0.572. The lowest BCUT2D eigenvalue weighted by Gasteiger charge is -2.27. The van der Waals surface area contributed by atoms with Gasteiger partial charge in [-0.2, -0.15) is 0 Å². The molecule has 8 nitrogen and oxygen atoms in total. The molecule has 2 aliphatic rings. The molecule has 1 amide bonds. The van der Waals surface area contributed by atoms with Crippen LogP contribution < -0.4 is 16.0 Å². The van der Waals surface area contributed by atoms with Crippen molar-refractivity contribution in [1.29, 1.82) is 0 Å². The lowest BCUT2D eigenvalue weighted by molar-refractivity contribution is 0.0955. The molecule has 0 aromatic carbocycles. The number of alkyl halides is 1. The van der Waals surface area contributed by atoms with Gasteiger partial charge in [0.2, 0.25) is 0 Å². The highest BCUT2D eigenvalue weighted by Crippen LogP contribution is 2.38. The third-order valence-electron chi connectivity index (χ3n) is 5.72. The number of hydrogen-bond donors (Lipinski definition) is 2. The van der Waals surface area contributed by atoms with E-state index in [-0.39, 0.29) is 30.3 Å². The number of nitrogens with one attached hydrogen (secondary N) is 1. The van der Waals surface area contributed by atoms with Crippen molar-refractivity contribution < 1.29 is 13.6 Å². The van der Waals surface area contributed by atoms with Gasteiger partial charge in [0, 0.05) is 24.9 Å². The van der Waals surface area contributed by atoms with Crippen molar-refractivity contribution in [2.24, 2.45) is 0 Å². The molecule has 2 atom stereocenters. The minimum Gasteiger partial charge on any atom is -0.381 e. The van der Waals surface area contributed by atoms with Gasteiger partial charge in [0.1, 0.15) is 23.4 Å². The molecule has 3 aromatic heterocycles. The van der Waals surface area contributed by atoms with E-state index in [9.17, 15) is 13.6 Å². The molecule has 0 spiro atoms. The van der Waals surface area contributed by atoms with E-state index in [1.54, 1.807) is 17.2 Å². The largest absolute Gasteiger partial charge is 0.381 e. The van der Waals surface area contributed by atoms with Crippen LogP contribution >= 0.6 is 0 Å². The van der Waals surface area contributed by atoms with E-state index in [2.05, 4.69) is 20.4 Å². The van der Waals surface area contributed by atoms with Gasteiger partial charge < -0.3 is 16.0 Å². The summed E-state index contributed by atoms with van der Waals surface area (Å²) in [4.78, 5) is 23.4. The van der Waals surface area contributed by atoms with Gasteiger partial charge in [-0.15, -0.1) is 5.10 Å². The number of pyridine rings is 1. The summed E-state index contributed by atoms with van der Waals surface area (Å²) in [6.07, 6.45) is 4.05. The van der Waals surface area contributed by atoms with Gasteiger partial charge in [0.05, 0.1) is 18.8 Å². The molecule has 10 heteroatoms. The number of nitrogens with zero attached hydrogens (tertiary/aromatic N) is 5. The SMILES string of the molecule is Nc1nn2ccc3nc2c1C(=O)NCCCCc1ncc(F)cc1[C@H]1C[C@H](F)CN31. The molecule has 3 aromatic rings. The van der Waals surface area contributed by atoms with Crippen molar-refractivity contribution in [3.05, 3.63) is 47.2 Å². The molecule has 2 bridgehead atoms. The number of nitrogen functional groups attached to an aromatic ring is 1. The lowest BCUT2D eigenvalue weighted by Crippen LogP contribution is -2.27. The van der Waals surface area contributed by atoms with Gasteiger partial charge in [0.15, 0.2) is 11.5 Å². The van der Waals surface area contributed by atoms with Crippen LogP contribution in [0.4, 0.5) is 20.4 Å². The topological polar surface area (TPSA) is 101 Å². The second-order valence-electron chi connectivity index (χ2n) is 7.72. The van der Waals surface area contributed by atoms with Crippen molar-refractivity contribution in [1.82, 2.24) is 24.9 Å². The zero-order valence-electron chi connectivity index (χ0n) is 16.2. The highest BCUT2D eigenvalue weighted by Gasteiger charge is 2.36. The summed E-state index contributed by atoms with van der Waals surface area (Å²) in [5.74, 6) is -0.221. The van der Waals surface area contributed by atoms with E-state index in [0.29, 0.717) is 36.4 Å². The summed E-state index contributed by atoms with van der Waals surface area (Å²) in [6, 6.07) is 2.75. The number of carbonyl (C=O) groups excluding carboxylic acids is 1. The monoisotopic (exact) mass is 413 g/mol. The molecule has 0 radical (unpaired) electrons. The van der Waals surface area contributed by atoms with E-state index in [1.165, 1.54) is 16.8 Å². The van der Waals surface area contributed by atoms with E-state index < -0.39 is 18.0 Å².